The summed E-state index contributed by atoms with van der Waals surface area (Å²) in [5.41, 5.74) is 11.6. The van der Waals surface area contributed by atoms with Gasteiger partial charge in [0.15, 0.2) is 6.10 Å². The maximum atomic E-state index is 13.1. The fourth-order valence-electron chi connectivity index (χ4n) is 5.03. The Hall–Kier alpha value is -2.46. The van der Waals surface area contributed by atoms with E-state index in [4.69, 9.17) is 25.7 Å². The minimum atomic E-state index is -1.56. The molecule has 3 unspecified atom stereocenters. The molecule has 10 heteroatoms. The molecule has 0 aliphatic heterocycles. The van der Waals surface area contributed by atoms with Crippen molar-refractivity contribution in [1.82, 2.24) is 0 Å². The number of aliphatic carboxylic acids is 1. The van der Waals surface area contributed by atoms with Crippen LogP contribution in [0.3, 0.4) is 0 Å². The van der Waals surface area contributed by atoms with Crippen molar-refractivity contribution in [3.05, 3.63) is 12.2 Å². The zero-order valence-electron chi connectivity index (χ0n) is 28.5. The van der Waals surface area contributed by atoms with Gasteiger partial charge in [0.25, 0.3) is 6.29 Å². The van der Waals surface area contributed by atoms with Crippen LogP contribution in [0.2, 0.25) is 0 Å². The summed E-state index contributed by atoms with van der Waals surface area (Å²) < 4.78 is 16.6. The van der Waals surface area contributed by atoms with E-state index in [0.717, 1.165) is 38.5 Å². The summed E-state index contributed by atoms with van der Waals surface area (Å²) in [6.07, 6.45) is 20.1. The van der Waals surface area contributed by atoms with Gasteiger partial charge in [-0.15, -0.1) is 0 Å². The van der Waals surface area contributed by atoms with Gasteiger partial charge in [-0.1, -0.05) is 129 Å². The topological polar surface area (TPSA) is 168 Å². The summed E-state index contributed by atoms with van der Waals surface area (Å²) in [4.78, 5) is 49.8. The normalized spacial score (nSPS) is 14.1. The smallest absolute Gasteiger partial charge is 0.320 e. The molecule has 45 heavy (non-hydrogen) atoms. The molecule has 0 saturated heterocycles. The minimum Gasteiger partial charge on any atom is -0.480 e. The monoisotopic (exact) mass is 640 g/mol. The van der Waals surface area contributed by atoms with E-state index in [-0.39, 0.29) is 25.8 Å². The molecule has 262 valence electrons. The van der Waals surface area contributed by atoms with Gasteiger partial charge in [-0.25, -0.2) is 0 Å². The summed E-state index contributed by atoms with van der Waals surface area (Å²) in [6.45, 7) is 5.82. The second kappa shape index (κ2) is 29.0. The van der Waals surface area contributed by atoms with Crippen molar-refractivity contribution in [1.29, 1.82) is 0 Å². The van der Waals surface area contributed by atoms with E-state index in [1.165, 1.54) is 70.3 Å². The number of unbranched alkanes of at least 4 members (excludes halogenated alkanes) is 16. The quantitative estimate of drug-likeness (QED) is 0.0318. The molecule has 0 spiro atoms. The molecule has 0 radical (unpaired) electrons. The first kappa shape index (κ1) is 42.5. The van der Waals surface area contributed by atoms with Gasteiger partial charge in [0, 0.05) is 19.4 Å². The third-order valence-electron chi connectivity index (χ3n) is 7.82. The van der Waals surface area contributed by atoms with Crippen LogP contribution in [0.15, 0.2) is 12.2 Å². The molecular weight excluding hydrogens is 576 g/mol. The van der Waals surface area contributed by atoms with E-state index in [2.05, 4.69) is 13.8 Å². The van der Waals surface area contributed by atoms with Crippen LogP contribution < -0.4 is 11.5 Å². The summed E-state index contributed by atoms with van der Waals surface area (Å²) in [7, 11) is 0. The number of allylic oxidation sites excluding steroid dienone is 1. The minimum absolute atomic E-state index is 0.121. The number of ether oxygens (including phenoxy) is 3. The molecule has 0 aliphatic rings. The molecule has 0 amide bonds. The first-order chi connectivity index (χ1) is 21.7. The third kappa shape index (κ3) is 23.5. The molecule has 0 heterocycles. The van der Waals surface area contributed by atoms with Crippen molar-refractivity contribution in [3.63, 3.8) is 0 Å². The van der Waals surface area contributed by atoms with Gasteiger partial charge in [0.1, 0.15) is 6.04 Å². The number of hydrogen-bond donors (Lipinski definition) is 3. The number of carboxylic acid groups (broad SMARTS) is 1. The van der Waals surface area contributed by atoms with Gasteiger partial charge in [-0.3, -0.25) is 19.2 Å². The van der Waals surface area contributed by atoms with E-state index in [9.17, 15) is 24.3 Å². The zero-order valence-corrected chi connectivity index (χ0v) is 28.5. The molecule has 0 aromatic heterocycles. The van der Waals surface area contributed by atoms with Crippen molar-refractivity contribution in [3.8, 4) is 0 Å². The fraction of sp³-hybridized carbons (Fsp3) is 0.829. The molecule has 10 nitrogen and oxygen atoms in total. The fourth-order valence-corrected chi connectivity index (χ4v) is 5.03. The van der Waals surface area contributed by atoms with Gasteiger partial charge in [0.2, 0.25) is 0 Å². The highest BCUT2D eigenvalue weighted by Gasteiger charge is 2.34. The number of carbonyl (C=O) groups is 4. The lowest BCUT2D eigenvalue weighted by atomic mass is 10.00. The zero-order chi connectivity index (χ0) is 33.7. The largest absolute Gasteiger partial charge is 0.480 e. The van der Waals surface area contributed by atoms with Crippen LogP contribution in [-0.2, 0) is 33.4 Å². The molecular formula is C35H64N2O8. The number of carbonyl (C=O) groups excluding carboxylic acids is 3. The van der Waals surface area contributed by atoms with Crippen molar-refractivity contribution >= 4 is 23.9 Å². The standard InChI is InChI=1S/C35H64N2O8/c1-4-7-9-11-13-15-17-19-21-24-31(38)43-30(27-36)35(45-34(42)28(23-6-3)26-29(37)33(40)41)44-32(39)25-22-20-18-16-14-12-10-8-5-2/h6,23,28-30,35H,4-5,7-22,24-27,36-37H2,1-3H3,(H,40,41)/t28?,29-,30?,35?/m0/s1. The summed E-state index contributed by atoms with van der Waals surface area (Å²) in [6, 6.07) is -1.30. The predicted octanol–water partition coefficient (Wildman–Crippen LogP) is 7.11. The molecule has 0 bridgehead atoms. The van der Waals surface area contributed by atoms with Gasteiger partial charge in [0.05, 0.1) is 5.92 Å². The number of carboxylic acids is 1. The van der Waals surface area contributed by atoms with Crippen LogP contribution in [0.4, 0.5) is 0 Å². The van der Waals surface area contributed by atoms with Crippen molar-refractivity contribution in [2.24, 2.45) is 17.4 Å². The first-order valence-corrected chi connectivity index (χ1v) is 17.6. The molecule has 4 atom stereocenters. The van der Waals surface area contributed by atoms with Crippen molar-refractivity contribution in [2.45, 2.75) is 174 Å². The highest BCUT2D eigenvalue weighted by molar-refractivity contribution is 5.78. The SMILES string of the molecule is CC=CC(C[C@H](N)C(=O)O)C(=O)OC(OC(=O)CCCCCCCCCCC)C(CN)OC(=O)CCCCCCCCCCC. The predicted molar refractivity (Wildman–Crippen MR) is 177 cm³/mol. The Balaban J connectivity index is 5.11. The van der Waals surface area contributed by atoms with Crippen LogP contribution in [0.25, 0.3) is 0 Å². The van der Waals surface area contributed by atoms with E-state index in [0.29, 0.717) is 12.8 Å². The lowest BCUT2D eigenvalue weighted by Crippen LogP contribution is -2.44. The lowest BCUT2D eigenvalue weighted by Gasteiger charge is -2.27. The molecule has 0 aromatic carbocycles. The summed E-state index contributed by atoms with van der Waals surface area (Å²) >= 11 is 0. The van der Waals surface area contributed by atoms with Crippen LogP contribution in [-0.4, -0.2) is 54.0 Å². The van der Waals surface area contributed by atoms with Crippen LogP contribution in [0, 0.1) is 5.92 Å². The number of rotatable bonds is 30. The molecule has 0 aromatic rings. The number of hydrogen-bond acceptors (Lipinski definition) is 9. The number of nitrogens with two attached hydrogens (primary N) is 2. The van der Waals surface area contributed by atoms with E-state index in [1.54, 1.807) is 13.0 Å². The molecule has 0 fully saturated rings. The van der Waals surface area contributed by atoms with Crippen LogP contribution in [0.1, 0.15) is 156 Å². The van der Waals surface area contributed by atoms with Gasteiger partial charge in [-0.2, -0.15) is 0 Å². The highest BCUT2D eigenvalue weighted by Crippen LogP contribution is 2.18. The lowest BCUT2D eigenvalue weighted by molar-refractivity contribution is -0.215. The van der Waals surface area contributed by atoms with Crippen LogP contribution in [0.5, 0.6) is 0 Å². The maximum Gasteiger partial charge on any atom is 0.320 e. The van der Waals surface area contributed by atoms with Gasteiger partial charge in [-0.05, 0) is 26.2 Å². The molecule has 5 N–H and O–H groups in total. The van der Waals surface area contributed by atoms with Crippen molar-refractivity contribution in [2.75, 3.05) is 6.54 Å². The second-order valence-electron chi connectivity index (χ2n) is 12.0. The number of esters is 3. The average molecular weight is 641 g/mol. The molecule has 0 saturated carbocycles. The Kier molecular flexibility index (Phi) is 27.4. The van der Waals surface area contributed by atoms with Crippen LogP contribution >= 0.6 is 0 Å². The second-order valence-corrected chi connectivity index (χ2v) is 12.0. The maximum absolute atomic E-state index is 13.1. The Labute approximate surface area is 272 Å². The Morgan fingerprint density at radius 1 is 0.667 bits per heavy atom. The Morgan fingerprint density at radius 3 is 1.49 bits per heavy atom. The summed E-state index contributed by atoms with van der Waals surface area (Å²) in [5.74, 6) is -4.21. The Bertz CT molecular complexity index is 819. The molecule has 0 aliphatic carbocycles. The first-order valence-electron chi connectivity index (χ1n) is 17.6. The highest BCUT2D eigenvalue weighted by atomic mass is 16.7. The van der Waals surface area contributed by atoms with Crippen molar-refractivity contribution < 1.29 is 38.5 Å². The Morgan fingerprint density at radius 2 is 1.09 bits per heavy atom. The van der Waals surface area contributed by atoms with E-state index >= 15 is 0 Å². The summed E-state index contributed by atoms with van der Waals surface area (Å²) in [5, 5.41) is 9.21. The average Bonchev–Trinajstić information content (AvgIpc) is 3.01. The van der Waals surface area contributed by atoms with E-state index < -0.39 is 48.2 Å². The van der Waals surface area contributed by atoms with Gasteiger partial charge < -0.3 is 30.8 Å². The van der Waals surface area contributed by atoms with E-state index in [1.807, 2.05) is 0 Å². The molecule has 0 rings (SSSR count). The third-order valence-corrected chi connectivity index (χ3v) is 7.82. The van der Waals surface area contributed by atoms with Gasteiger partial charge >= 0.3 is 23.9 Å².